The van der Waals surface area contributed by atoms with E-state index in [0.29, 0.717) is 17.7 Å². The molecule has 2 aromatic rings. The van der Waals surface area contributed by atoms with Crippen molar-refractivity contribution < 1.29 is 4.79 Å². The summed E-state index contributed by atoms with van der Waals surface area (Å²) in [7, 11) is 0. The van der Waals surface area contributed by atoms with Crippen LogP contribution in [0.1, 0.15) is 20.8 Å². The summed E-state index contributed by atoms with van der Waals surface area (Å²) in [6.07, 6.45) is 0. The number of hydrogen-bond acceptors (Lipinski definition) is 4. The first kappa shape index (κ1) is 13.6. The number of hydrogen-bond donors (Lipinski definition) is 2. The van der Waals surface area contributed by atoms with Crippen molar-refractivity contribution >= 4 is 38.9 Å². The smallest absolute Gasteiger partial charge is 0.249 e. The molecule has 4 nitrogen and oxygen atoms in total. The Bertz CT molecular complexity index is 660. The molecule has 6 heteroatoms. The summed E-state index contributed by atoms with van der Waals surface area (Å²) in [5.74, 6) is -0.428. The summed E-state index contributed by atoms with van der Waals surface area (Å²) in [6, 6.07) is 9.30. The van der Waals surface area contributed by atoms with Crippen LogP contribution in [0.4, 0.5) is 5.69 Å². The van der Waals surface area contributed by atoms with Gasteiger partial charge in [-0.3, -0.25) is 4.79 Å². The lowest BCUT2D eigenvalue weighted by Gasteiger charge is -2.07. The van der Waals surface area contributed by atoms with E-state index >= 15 is 0 Å². The highest BCUT2D eigenvalue weighted by atomic mass is 79.9. The summed E-state index contributed by atoms with van der Waals surface area (Å²) in [6.45, 7) is 0.545. The molecule has 0 bridgehead atoms. The first-order valence-electron chi connectivity index (χ1n) is 5.41. The van der Waals surface area contributed by atoms with Gasteiger partial charge in [0.1, 0.15) is 6.07 Å². The van der Waals surface area contributed by atoms with Gasteiger partial charge in [-0.05, 0) is 24.3 Å². The topological polar surface area (TPSA) is 78.9 Å². The number of nitrogens with one attached hydrogen (secondary N) is 1. The van der Waals surface area contributed by atoms with Crippen LogP contribution < -0.4 is 11.1 Å². The first-order chi connectivity index (χ1) is 9.10. The Labute approximate surface area is 123 Å². The summed E-state index contributed by atoms with van der Waals surface area (Å²) in [5, 5.41) is 13.9. The Balaban J connectivity index is 2.12. The highest BCUT2D eigenvalue weighted by Crippen LogP contribution is 2.22. The maximum atomic E-state index is 11.0. The second kappa shape index (κ2) is 5.87. The SMILES string of the molecule is N#Cc1ccc(Br)cc1NCc1cc(C(N)=O)cs1. The Morgan fingerprint density at radius 1 is 1.47 bits per heavy atom. The molecule has 0 aliphatic rings. The molecule has 2 rings (SSSR count). The third-order valence-electron chi connectivity index (χ3n) is 2.49. The van der Waals surface area contributed by atoms with Crippen LogP contribution in [0.2, 0.25) is 0 Å². The van der Waals surface area contributed by atoms with Crippen LogP contribution in [0.3, 0.4) is 0 Å². The monoisotopic (exact) mass is 335 g/mol. The highest BCUT2D eigenvalue weighted by molar-refractivity contribution is 9.10. The molecule has 0 radical (unpaired) electrons. The first-order valence-corrected chi connectivity index (χ1v) is 7.08. The number of amides is 1. The van der Waals surface area contributed by atoms with Crippen LogP contribution in [0.15, 0.2) is 34.1 Å². The van der Waals surface area contributed by atoms with Gasteiger partial charge in [0.2, 0.25) is 5.91 Å². The highest BCUT2D eigenvalue weighted by Gasteiger charge is 2.06. The Morgan fingerprint density at radius 3 is 2.89 bits per heavy atom. The van der Waals surface area contributed by atoms with Crippen LogP contribution in [0.25, 0.3) is 0 Å². The molecular weight excluding hydrogens is 326 g/mol. The van der Waals surface area contributed by atoms with Gasteiger partial charge >= 0.3 is 0 Å². The molecular formula is C13H10BrN3OS. The molecule has 0 saturated carbocycles. The summed E-state index contributed by atoms with van der Waals surface area (Å²) in [5.41, 5.74) is 7.04. The number of carbonyl (C=O) groups is 1. The number of carbonyl (C=O) groups excluding carboxylic acids is 1. The van der Waals surface area contributed by atoms with Crippen LogP contribution in [-0.2, 0) is 6.54 Å². The number of rotatable bonds is 4. The van der Waals surface area contributed by atoms with Gasteiger partial charge in [0, 0.05) is 21.3 Å². The zero-order valence-electron chi connectivity index (χ0n) is 9.81. The van der Waals surface area contributed by atoms with E-state index in [9.17, 15) is 4.79 Å². The number of thiophene rings is 1. The average molecular weight is 336 g/mol. The van der Waals surface area contributed by atoms with Gasteiger partial charge in [-0.2, -0.15) is 5.26 Å². The Kier molecular flexibility index (Phi) is 4.20. The Morgan fingerprint density at radius 2 is 2.26 bits per heavy atom. The summed E-state index contributed by atoms with van der Waals surface area (Å²) in [4.78, 5) is 12.0. The van der Waals surface area contributed by atoms with Crippen LogP contribution in [0.5, 0.6) is 0 Å². The zero-order valence-corrected chi connectivity index (χ0v) is 12.2. The summed E-state index contributed by atoms with van der Waals surface area (Å²) < 4.78 is 0.901. The fraction of sp³-hybridized carbons (Fsp3) is 0.0769. The molecule has 0 aliphatic heterocycles. The molecule has 1 heterocycles. The number of primary amides is 1. The number of halogens is 1. The normalized spacial score (nSPS) is 9.89. The van der Waals surface area contributed by atoms with E-state index < -0.39 is 5.91 Å². The fourth-order valence-electron chi connectivity index (χ4n) is 1.55. The van der Waals surface area contributed by atoms with E-state index in [-0.39, 0.29) is 0 Å². The van der Waals surface area contributed by atoms with E-state index in [1.54, 1.807) is 17.5 Å². The molecule has 0 fully saturated rings. The van der Waals surface area contributed by atoms with E-state index in [0.717, 1.165) is 15.0 Å². The third kappa shape index (κ3) is 3.34. The molecule has 0 unspecified atom stereocenters. The number of nitrogens with zero attached hydrogens (tertiary/aromatic N) is 1. The fourth-order valence-corrected chi connectivity index (χ4v) is 2.72. The molecule has 0 spiro atoms. The van der Waals surface area contributed by atoms with Crippen LogP contribution in [-0.4, -0.2) is 5.91 Å². The van der Waals surface area contributed by atoms with Crippen molar-refractivity contribution in [2.45, 2.75) is 6.54 Å². The van der Waals surface area contributed by atoms with Gasteiger partial charge in [-0.15, -0.1) is 11.3 Å². The van der Waals surface area contributed by atoms with Gasteiger partial charge < -0.3 is 11.1 Å². The lowest BCUT2D eigenvalue weighted by atomic mass is 10.2. The molecule has 1 aromatic heterocycles. The number of benzene rings is 1. The lowest BCUT2D eigenvalue weighted by molar-refractivity contribution is 0.100. The maximum Gasteiger partial charge on any atom is 0.249 e. The second-order valence-corrected chi connectivity index (χ2v) is 5.73. The second-order valence-electron chi connectivity index (χ2n) is 3.82. The molecule has 19 heavy (non-hydrogen) atoms. The quantitative estimate of drug-likeness (QED) is 0.900. The van der Waals surface area contributed by atoms with Gasteiger partial charge in [0.05, 0.1) is 16.8 Å². The molecule has 3 N–H and O–H groups in total. The van der Waals surface area contributed by atoms with E-state index in [2.05, 4.69) is 27.3 Å². The number of nitrogens with two attached hydrogens (primary N) is 1. The zero-order chi connectivity index (χ0) is 13.8. The maximum absolute atomic E-state index is 11.0. The molecule has 0 atom stereocenters. The van der Waals surface area contributed by atoms with Crippen molar-refractivity contribution in [3.8, 4) is 6.07 Å². The molecule has 0 saturated heterocycles. The van der Waals surface area contributed by atoms with Crippen molar-refractivity contribution in [1.82, 2.24) is 0 Å². The van der Waals surface area contributed by atoms with Crippen molar-refractivity contribution in [3.05, 3.63) is 50.1 Å². The van der Waals surface area contributed by atoms with Gasteiger partial charge in [-0.1, -0.05) is 15.9 Å². The lowest BCUT2D eigenvalue weighted by Crippen LogP contribution is -2.09. The van der Waals surface area contributed by atoms with E-state index in [1.165, 1.54) is 11.3 Å². The minimum Gasteiger partial charge on any atom is -0.379 e. The van der Waals surface area contributed by atoms with Crippen molar-refractivity contribution in [3.63, 3.8) is 0 Å². The van der Waals surface area contributed by atoms with Crippen molar-refractivity contribution in [2.75, 3.05) is 5.32 Å². The van der Waals surface area contributed by atoms with E-state index in [1.807, 2.05) is 12.1 Å². The predicted molar refractivity (Wildman–Crippen MR) is 79.0 cm³/mol. The third-order valence-corrected chi connectivity index (χ3v) is 3.92. The molecule has 96 valence electrons. The van der Waals surface area contributed by atoms with Crippen molar-refractivity contribution in [1.29, 1.82) is 5.26 Å². The molecule has 1 aromatic carbocycles. The molecule has 1 amide bonds. The van der Waals surface area contributed by atoms with Gasteiger partial charge in [0.15, 0.2) is 0 Å². The minimum absolute atomic E-state index is 0.428. The van der Waals surface area contributed by atoms with Gasteiger partial charge in [-0.25, -0.2) is 0 Å². The average Bonchev–Trinajstić information content (AvgIpc) is 2.85. The minimum atomic E-state index is -0.428. The van der Waals surface area contributed by atoms with Gasteiger partial charge in [0.25, 0.3) is 0 Å². The number of nitriles is 1. The Hall–Kier alpha value is -1.84. The summed E-state index contributed by atoms with van der Waals surface area (Å²) >= 11 is 4.82. The standard InChI is InChI=1S/C13H10BrN3OS/c14-10-2-1-8(5-15)12(4-10)17-6-11-3-9(7-19-11)13(16)18/h1-4,7,17H,6H2,(H2,16,18). The van der Waals surface area contributed by atoms with Crippen LogP contribution in [0, 0.1) is 11.3 Å². The number of anilines is 1. The van der Waals surface area contributed by atoms with Crippen LogP contribution >= 0.6 is 27.3 Å². The molecule has 0 aliphatic carbocycles. The van der Waals surface area contributed by atoms with E-state index in [4.69, 9.17) is 11.0 Å². The van der Waals surface area contributed by atoms with Crippen molar-refractivity contribution in [2.24, 2.45) is 5.73 Å². The largest absolute Gasteiger partial charge is 0.379 e. The predicted octanol–water partition coefficient (Wildman–Crippen LogP) is 3.09.